The first-order valence-electron chi connectivity index (χ1n) is 8.37. The fraction of sp³-hybridized carbons (Fsp3) is 0.667. The Morgan fingerprint density at radius 1 is 1.29 bits per heavy atom. The van der Waals surface area contributed by atoms with Gasteiger partial charge in [0, 0.05) is 25.3 Å². The van der Waals surface area contributed by atoms with Crippen molar-refractivity contribution in [2.75, 3.05) is 26.3 Å². The SMILES string of the molecule is CCCCCOc1ccccc1CN1CCCC(CO)C1. The fourth-order valence-electron chi connectivity index (χ4n) is 2.99. The summed E-state index contributed by atoms with van der Waals surface area (Å²) >= 11 is 0. The topological polar surface area (TPSA) is 32.7 Å². The van der Waals surface area contributed by atoms with Crippen LogP contribution >= 0.6 is 0 Å². The maximum Gasteiger partial charge on any atom is 0.123 e. The molecule has 0 spiro atoms. The number of aliphatic hydroxyl groups is 1. The third-order valence-corrected chi connectivity index (χ3v) is 4.23. The van der Waals surface area contributed by atoms with E-state index in [4.69, 9.17) is 4.74 Å². The highest BCUT2D eigenvalue weighted by Crippen LogP contribution is 2.23. The molecule has 1 heterocycles. The van der Waals surface area contributed by atoms with E-state index in [1.165, 1.54) is 24.8 Å². The number of hydrogen-bond acceptors (Lipinski definition) is 3. The van der Waals surface area contributed by atoms with Gasteiger partial charge in [0.1, 0.15) is 5.75 Å². The van der Waals surface area contributed by atoms with Crippen LogP contribution in [0, 0.1) is 5.92 Å². The summed E-state index contributed by atoms with van der Waals surface area (Å²) < 4.78 is 5.96. The molecule has 1 N–H and O–H groups in total. The number of likely N-dealkylation sites (tertiary alicyclic amines) is 1. The first-order valence-corrected chi connectivity index (χ1v) is 8.37. The van der Waals surface area contributed by atoms with Crippen molar-refractivity contribution in [2.45, 2.75) is 45.6 Å². The quantitative estimate of drug-likeness (QED) is 0.745. The molecule has 1 aromatic carbocycles. The number of hydrogen-bond donors (Lipinski definition) is 1. The van der Waals surface area contributed by atoms with Crippen molar-refractivity contribution in [1.82, 2.24) is 4.90 Å². The van der Waals surface area contributed by atoms with Gasteiger partial charge < -0.3 is 9.84 Å². The summed E-state index contributed by atoms with van der Waals surface area (Å²) in [5.74, 6) is 1.47. The minimum absolute atomic E-state index is 0.311. The van der Waals surface area contributed by atoms with Gasteiger partial charge >= 0.3 is 0 Å². The second-order valence-electron chi connectivity index (χ2n) is 6.09. The van der Waals surface area contributed by atoms with E-state index in [1.807, 2.05) is 6.07 Å². The van der Waals surface area contributed by atoms with Crippen molar-refractivity contribution < 1.29 is 9.84 Å². The molecule has 1 aromatic rings. The number of unbranched alkanes of at least 4 members (excludes halogenated alkanes) is 2. The molecule has 3 nitrogen and oxygen atoms in total. The van der Waals surface area contributed by atoms with Gasteiger partial charge in [-0.1, -0.05) is 38.0 Å². The molecule has 1 fully saturated rings. The highest BCUT2D eigenvalue weighted by atomic mass is 16.5. The van der Waals surface area contributed by atoms with Crippen LogP contribution in [0.5, 0.6) is 5.75 Å². The summed E-state index contributed by atoms with van der Waals surface area (Å²) in [7, 11) is 0. The van der Waals surface area contributed by atoms with E-state index in [-0.39, 0.29) is 0 Å². The summed E-state index contributed by atoms with van der Waals surface area (Å²) in [5.41, 5.74) is 1.27. The van der Waals surface area contributed by atoms with E-state index in [2.05, 4.69) is 30.0 Å². The molecule has 1 atom stereocenters. The van der Waals surface area contributed by atoms with Gasteiger partial charge in [0.2, 0.25) is 0 Å². The smallest absolute Gasteiger partial charge is 0.123 e. The maximum absolute atomic E-state index is 9.34. The summed E-state index contributed by atoms with van der Waals surface area (Å²) in [6.45, 7) is 6.39. The highest BCUT2D eigenvalue weighted by Gasteiger charge is 2.20. The Balaban J connectivity index is 1.89. The van der Waals surface area contributed by atoms with Gasteiger partial charge in [-0.2, -0.15) is 0 Å². The maximum atomic E-state index is 9.34. The van der Waals surface area contributed by atoms with E-state index >= 15 is 0 Å². The standard InChI is InChI=1S/C18H29NO2/c1-2-3-6-12-21-18-10-5-4-9-17(18)14-19-11-7-8-16(13-19)15-20/h4-5,9-10,16,20H,2-3,6-8,11-15H2,1H3. The lowest BCUT2D eigenvalue weighted by atomic mass is 9.98. The van der Waals surface area contributed by atoms with Crippen molar-refractivity contribution in [2.24, 2.45) is 5.92 Å². The van der Waals surface area contributed by atoms with Gasteiger partial charge in [-0.3, -0.25) is 4.90 Å². The zero-order valence-corrected chi connectivity index (χ0v) is 13.3. The molecule has 0 radical (unpaired) electrons. The molecule has 1 aliphatic heterocycles. The van der Waals surface area contributed by atoms with Crippen molar-refractivity contribution >= 4 is 0 Å². The first-order chi connectivity index (χ1) is 10.3. The van der Waals surface area contributed by atoms with Crippen LogP contribution < -0.4 is 4.74 Å². The van der Waals surface area contributed by atoms with Crippen LogP contribution in [0.15, 0.2) is 24.3 Å². The Morgan fingerprint density at radius 3 is 2.95 bits per heavy atom. The Hall–Kier alpha value is -1.06. The average Bonchev–Trinajstić information content (AvgIpc) is 2.53. The third kappa shape index (κ3) is 5.33. The van der Waals surface area contributed by atoms with Crippen molar-refractivity contribution in [1.29, 1.82) is 0 Å². The van der Waals surface area contributed by atoms with Crippen LogP contribution in [-0.4, -0.2) is 36.3 Å². The second kappa shape index (κ2) is 9.06. The van der Waals surface area contributed by atoms with Gasteiger partial charge in [0.25, 0.3) is 0 Å². The monoisotopic (exact) mass is 291 g/mol. The summed E-state index contributed by atoms with van der Waals surface area (Å²) in [6.07, 6.45) is 5.92. The van der Waals surface area contributed by atoms with Crippen LogP contribution in [0.1, 0.15) is 44.6 Å². The van der Waals surface area contributed by atoms with Crippen molar-refractivity contribution in [3.05, 3.63) is 29.8 Å². The number of ether oxygens (including phenoxy) is 1. The molecule has 2 rings (SSSR count). The first kappa shape index (κ1) is 16.3. The van der Waals surface area contributed by atoms with Crippen LogP contribution in [0.3, 0.4) is 0 Å². The zero-order valence-electron chi connectivity index (χ0n) is 13.3. The van der Waals surface area contributed by atoms with Gasteiger partial charge in [0.05, 0.1) is 6.61 Å². The van der Waals surface area contributed by atoms with Crippen LogP contribution in [0.25, 0.3) is 0 Å². The molecule has 1 unspecified atom stereocenters. The van der Waals surface area contributed by atoms with E-state index < -0.39 is 0 Å². The largest absolute Gasteiger partial charge is 0.493 e. The van der Waals surface area contributed by atoms with E-state index in [0.717, 1.165) is 44.8 Å². The van der Waals surface area contributed by atoms with E-state index in [0.29, 0.717) is 12.5 Å². The average molecular weight is 291 g/mol. The molecule has 0 saturated carbocycles. The van der Waals surface area contributed by atoms with Gasteiger partial charge in [-0.25, -0.2) is 0 Å². The van der Waals surface area contributed by atoms with Crippen molar-refractivity contribution in [3.63, 3.8) is 0 Å². The summed E-state index contributed by atoms with van der Waals surface area (Å²) in [4.78, 5) is 2.44. The minimum atomic E-state index is 0.311. The number of rotatable bonds is 8. The number of benzene rings is 1. The molecular formula is C18H29NO2. The van der Waals surface area contributed by atoms with Crippen LogP contribution in [0.4, 0.5) is 0 Å². The third-order valence-electron chi connectivity index (χ3n) is 4.23. The zero-order chi connectivity index (χ0) is 14.9. The molecule has 3 heteroatoms. The van der Waals surface area contributed by atoms with Crippen molar-refractivity contribution in [3.8, 4) is 5.75 Å². The second-order valence-corrected chi connectivity index (χ2v) is 6.09. The predicted molar refractivity (Wildman–Crippen MR) is 86.5 cm³/mol. The predicted octanol–water partition coefficient (Wildman–Crippen LogP) is 3.46. The fourth-order valence-corrected chi connectivity index (χ4v) is 2.99. The molecule has 0 aromatic heterocycles. The van der Waals surface area contributed by atoms with E-state index in [9.17, 15) is 5.11 Å². The lowest BCUT2D eigenvalue weighted by Gasteiger charge is -2.32. The number of nitrogens with zero attached hydrogens (tertiary/aromatic N) is 1. The normalized spacial score (nSPS) is 19.6. The molecule has 0 aliphatic carbocycles. The Bertz CT molecular complexity index is 408. The molecular weight excluding hydrogens is 262 g/mol. The molecule has 118 valence electrons. The lowest BCUT2D eigenvalue weighted by Crippen LogP contribution is -2.36. The number of para-hydroxylation sites is 1. The Labute approximate surface area is 128 Å². The Morgan fingerprint density at radius 2 is 2.14 bits per heavy atom. The number of aliphatic hydroxyl groups excluding tert-OH is 1. The van der Waals surface area contributed by atoms with Gasteiger partial charge in [-0.15, -0.1) is 0 Å². The Kier molecular flexibility index (Phi) is 7.04. The molecule has 0 bridgehead atoms. The molecule has 1 saturated heterocycles. The number of piperidine rings is 1. The lowest BCUT2D eigenvalue weighted by molar-refractivity contribution is 0.115. The van der Waals surface area contributed by atoms with Gasteiger partial charge in [0.15, 0.2) is 0 Å². The molecule has 21 heavy (non-hydrogen) atoms. The van der Waals surface area contributed by atoms with E-state index in [1.54, 1.807) is 0 Å². The van der Waals surface area contributed by atoms with Crippen LogP contribution in [-0.2, 0) is 6.54 Å². The highest BCUT2D eigenvalue weighted by molar-refractivity contribution is 5.33. The summed E-state index contributed by atoms with van der Waals surface area (Å²) in [5, 5.41) is 9.34. The van der Waals surface area contributed by atoms with Crippen LogP contribution in [0.2, 0.25) is 0 Å². The van der Waals surface area contributed by atoms with Gasteiger partial charge in [-0.05, 0) is 37.8 Å². The summed E-state index contributed by atoms with van der Waals surface area (Å²) in [6, 6.07) is 8.37. The molecule has 1 aliphatic rings. The molecule has 0 amide bonds. The minimum Gasteiger partial charge on any atom is -0.493 e.